The van der Waals surface area contributed by atoms with Crippen LogP contribution in [0.1, 0.15) is 87.0 Å². The molecule has 0 spiro atoms. The normalized spacial score (nSPS) is 33.0. The van der Waals surface area contributed by atoms with Crippen LogP contribution in [0.3, 0.4) is 0 Å². The van der Waals surface area contributed by atoms with Crippen LogP contribution in [0.25, 0.3) is 0 Å². The van der Waals surface area contributed by atoms with E-state index >= 15 is 0 Å². The average Bonchev–Trinajstić information content (AvgIpc) is 3.57. The van der Waals surface area contributed by atoms with Gasteiger partial charge in [-0.3, -0.25) is 4.18 Å². The fraction of sp³-hybridized carbons (Fsp3) is 0.931. The van der Waals surface area contributed by atoms with Crippen molar-refractivity contribution in [1.82, 2.24) is 0 Å². The van der Waals surface area contributed by atoms with E-state index in [2.05, 4.69) is 40.4 Å². The van der Waals surface area contributed by atoms with Crippen LogP contribution in [-0.4, -0.2) is 88.7 Å². The van der Waals surface area contributed by atoms with Crippen molar-refractivity contribution < 1.29 is 45.8 Å². The molecular formula is C29H54O10SSi. The number of hydrogen-bond acceptors (Lipinski definition) is 10. The summed E-state index contributed by atoms with van der Waals surface area (Å²) in [7, 11) is -6.39. The van der Waals surface area contributed by atoms with Crippen LogP contribution < -0.4 is 0 Å². The largest absolute Gasteiger partial charge is 0.408 e. The molecule has 1 N–H and O–H groups in total. The van der Waals surface area contributed by atoms with Gasteiger partial charge in [0.25, 0.3) is 10.1 Å². The molecule has 3 heterocycles. The van der Waals surface area contributed by atoms with E-state index < -0.39 is 72.4 Å². The number of aliphatic hydroxyl groups is 1. The van der Waals surface area contributed by atoms with Crippen molar-refractivity contribution in [2.24, 2.45) is 0 Å². The predicted octanol–water partition coefficient (Wildman–Crippen LogP) is 5.01. The molecule has 0 bridgehead atoms. The highest BCUT2D eigenvalue weighted by atomic mass is 32.2. The molecule has 0 aromatic rings. The van der Waals surface area contributed by atoms with Gasteiger partial charge in [0.1, 0.15) is 36.6 Å². The molecule has 10 nitrogen and oxygen atoms in total. The fourth-order valence-corrected chi connectivity index (χ4v) is 7.66. The van der Waals surface area contributed by atoms with Crippen LogP contribution in [0.15, 0.2) is 12.7 Å². The van der Waals surface area contributed by atoms with Crippen molar-refractivity contribution in [3.05, 3.63) is 12.7 Å². The molecule has 41 heavy (non-hydrogen) atoms. The maximum atomic E-state index is 12.4. The number of fused-ring (bicyclic) bond motifs is 1. The molecule has 0 amide bonds. The average molecular weight is 623 g/mol. The first-order valence-corrected chi connectivity index (χ1v) is 19.8. The predicted molar refractivity (Wildman–Crippen MR) is 158 cm³/mol. The fourth-order valence-electron chi connectivity index (χ4n) is 5.68. The summed E-state index contributed by atoms with van der Waals surface area (Å²) in [4.78, 5) is 0. The molecule has 0 saturated carbocycles. The van der Waals surface area contributed by atoms with E-state index in [1.165, 1.54) is 0 Å². The van der Waals surface area contributed by atoms with E-state index in [-0.39, 0.29) is 18.1 Å². The zero-order chi connectivity index (χ0) is 31.1. The van der Waals surface area contributed by atoms with Crippen LogP contribution in [0, 0.1) is 0 Å². The van der Waals surface area contributed by atoms with E-state index in [1.807, 2.05) is 27.7 Å². The van der Waals surface area contributed by atoms with Crippen molar-refractivity contribution in [2.45, 2.75) is 159 Å². The molecule has 0 unspecified atom stereocenters. The summed E-state index contributed by atoms with van der Waals surface area (Å²) in [6.07, 6.45) is 0.374. The third kappa shape index (κ3) is 7.13. The monoisotopic (exact) mass is 622 g/mol. The van der Waals surface area contributed by atoms with E-state index in [1.54, 1.807) is 6.08 Å². The minimum Gasteiger partial charge on any atom is -0.408 e. The van der Waals surface area contributed by atoms with Gasteiger partial charge in [-0.1, -0.05) is 54.5 Å². The number of ether oxygens (including phenoxy) is 5. The highest BCUT2D eigenvalue weighted by Crippen LogP contribution is 2.51. The van der Waals surface area contributed by atoms with E-state index in [0.717, 1.165) is 6.26 Å². The summed E-state index contributed by atoms with van der Waals surface area (Å²) in [5.74, 6) is -3.87. The molecule has 12 heteroatoms. The highest BCUT2D eigenvalue weighted by molar-refractivity contribution is 7.86. The minimum absolute atomic E-state index is 0.138. The first-order chi connectivity index (χ1) is 18.9. The highest BCUT2D eigenvalue weighted by Gasteiger charge is 2.69. The van der Waals surface area contributed by atoms with Gasteiger partial charge < -0.3 is 33.2 Å². The van der Waals surface area contributed by atoms with Gasteiger partial charge in [-0.15, -0.1) is 6.58 Å². The second-order valence-electron chi connectivity index (χ2n) is 13.2. The van der Waals surface area contributed by atoms with Crippen LogP contribution >= 0.6 is 0 Å². The zero-order valence-corrected chi connectivity index (χ0v) is 28.5. The second-order valence-corrected chi connectivity index (χ2v) is 19.5. The molecule has 0 radical (unpaired) electrons. The van der Waals surface area contributed by atoms with Crippen LogP contribution in [0.4, 0.5) is 0 Å². The quantitative estimate of drug-likeness (QED) is 0.161. The van der Waals surface area contributed by atoms with Gasteiger partial charge in [-0.25, -0.2) is 0 Å². The van der Waals surface area contributed by atoms with Crippen molar-refractivity contribution in [3.63, 3.8) is 0 Å². The topological polar surface area (TPSA) is 119 Å². The Morgan fingerprint density at radius 2 is 1.61 bits per heavy atom. The van der Waals surface area contributed by atoms with Gasteiger partial charge in [0.05, 0.1) is 12.9 Å². The summed E-state index contributed by atoms with van der Waals surface area (Å²) >= 11 is 0. The summed E-state index contributed by atoms with van der Waals surface area (Å²) in [6, 6.07) is 0. The van der Waals surface area contributed by atoms with E-state index in [4.69, 9.17) is 32.3 Å². The smallest absolute Gasteiger partial charge is 0.264 e. The molecule has 0 aromatic heterocycles. The van der Waals surface area contributed by atoms with E-state index in [9.17, 15) is 13.5 Å². The summed E-state index contributed by atoms with van der Waals surface area (Å²) in [5.41, 5.74) is 0. The maximum absolute atomic E-state index is 12.4. The SMILES string of the molecule is C=CCC[C@@H](OS(C)(=O)=O)[C@]1(O)O[C@H]([C@H](O[Si](C)(C)C(C)(C)C)[C@H]2COC(CC)(CC)O2)[C@H]2OC(CC)(CC)O[C@H]21. The third-order valence-electron chi connectivity index (χ3n) is 9.39. The molecule has 3 aliphatic rings. The molecule has 3 fully saturated rings. The number of rotatable bonds is 14. The molecule has 3 saturated heterocycles. The molecule has 3 rings (SSSR count). The molecule has 240 valence electrons. The number of allylic oxidation sites excluding steroid dienone is 1. The van der Waals surface area contributed by atoms with Gasteiger partial charge in [-0.05, 0) is 56.7 Å². The second kappa shape index (κ2) is 12.5. The van der Waals surface area contributed by atoms with Crippen LogP contribution in [0.5, 0.6) is 0 Å². The Kier molecular flexibility index (Phi) is 10.7. The molecule has 0 aromatic carbocycles. The standard InChI is InChI=1S/C29H54O10SSi/c1-12-17-18-21(38-40(9,31)32)29(30)25-24(35-28(15-4,16-5)37-25)23(36-29)22(39-41(10,11)26(6,7)8)20-19-33-27(13-2,14-3)34-20/h12,20-25,30H,1,13-19H2,2-11H3/t20-,21-,22-,23-,24-,25-,29+/m1/s1. The van der Waals surface area contributed by atoms with Gasteiger partial charge in [0.15, 0.2) is 19.9 Å². The van der Waals surface area contributed by atoms with Gasteiger partial charge >= 0.3 is 0 Å². The number of hydrogen-bond donors (Lipinski definition) is 1. The lowest BCUT2D eigenvalue weighted by Crippen LogP contribution is -2.56. The Balaban J connectivity index is 2.13. The lowest BCUT2D eigenvalue weighted by Gasteiger charge is -2.43. The van der Waals surface area contributed by atoms with Crippen LogP contribution in [0.2, 0.25) is 18.1 Å². The summed E-state index contributed by atoms with van der Waals surface area (Å²) in [5, 5.41) is 12.1. The van der Waals surface area contributed by atoms with Crippen molar-refractivity contribution in [2.75, 3.05) is 12.9 Å². The molecule has 7 atom stereocenters. The molecular weight excluding hydrogens is 568 g/mol. The van der Waals surface area contributed by atoms with Gasteiger partial charge in [0, 0.05) is 0 Å². The van der Waals surface area contributed by atoms with Gasteiger partial charge in [0.2, 0.25) is 5.79 Å². The Bertz CT molecular complexity index is 1000. The van der Waals surface area contributed by atoms with Crippen molar-refractivity contribution in [3.8, 4) is 0 Å². The van der Waals surface area contributed by atoms with Gasteiger partial charge in [-0.2, -0.15) is 8.42 Å². The third-order valence-corrected chi connectivity index (χ3v) is 14.4. The van der Waals surface area contributed by atoms with Crippen molar-refractivity contribution in [1.29, 1.82) is 0 Å². The molecule has 0 aliphatic carbocycles. The zero-order valence-electron chi connectivity index (χ0n) is 26.7. The summed E-state index contributed by atoms with van der Waals surface area (Å²) < 4.78 is 69.6. The first-order valence-electron chi connectivity index (χ1n) is 15.1. The Hall–Kier alpha value is -0.413. The Morgan fingerprint density at radius 3 is 2.07 bits per heavy atom. The maximum Gasteiger partial charge on any atom is 0.264 e. The van der Waals surface area contributed by atoms with E-state index in [0.29, 0.717) is 32.1 Å². The Labute approximate surface area is 248 Å². The molecule has 3 aliphatic heterocycles. The summed E-state index contributed by atoms with van der Waals surface area (Å²) in [6.45, 7) is 22.7. The van der Waals surface area contributed by atoms with Crippen molar-refractivity contribution >= 4 is 18.4 Å². The van der Waals surface area contributed by atoms with Crippen LogP contribution in [-0.2, 0) is 42.4 Å². The minimum atomic E-state index is -3.96. The lowest BCUT2D eigenvalue weighted by molar-refractivity contribution is -0.317. The first kappa shape index (κ1) is 35.1. The lowest BCUT2D eigenvalue weighted by atomic mass is 9.95. The Morgan fingerprint density at radius 1 is 1.02 bits per heavy atom.